The van der Waals surface area contributed by atoms with Crippen LogP contribution in [0.4, 0.5) is 10.1 Å². The normalized spacial score (nSPS) is 13.7. The predicted molar refractivity (Wildman–Crippen MR) is 78.4 cm³/mol. The Morgan fingerprint density at radius 1 is 1.40 bits per heavy atom. The third-order valence-electron chi connectivity index (χ3n) is 3.28. The number of halogens is 1. The summed E-state index contributed by atoms with van der Waals surface area (Å²) < 4.78 is 18.8. The molecule has 112 valence electrons. The standard InChI is InChI=1S/C15H23FN2O2/c1-5-17-15(3,14(19)20-4)11-18(6-2)13-10-8-7-9-12(13)16/h7-10,17H,5-6,11H2,1-4H3. The van der Waals surface area contributed by atoms with E-state index in [-0.39, 0.29) is 11.8 Å². The smallest absolute Gasteiger partial charge is 0.327 e. The first-order valence-corrected chi connectivity index (χ1v) is 6.81. The molecule has 0 aromatic heterocycles. The van der Waals surface area contributed by atoms with Gasteiger partial charge in [-0.3, -0.25) is 0 Å². The lowest BCUT2D eigenvalue weighted by molar-refractivity contribution is -0.147. The molecular formula is C15H23FN2O2. The van der Waals surface area contributed by atoms with Gasteiger partial charge in [-0.2, -0.15) is 0 Å². The fraction of sp³-hybridized carbons (Fsp3) is 0.533. The minimum absolute atomic E-state index is 0.293. The molecule has 0 aliphatic heterocycles. The summed E-state index contributed by atoms with van der Waals surface area (Å²) in [5.74, 6) is -0.646. The van der Waals surface area contributed by atoms with E-state index in [0.29, 0.717) is 25.3 Å². The molecule has 20 heavy (non-hydrogen) atoms. The van der Waals surface area contributed by atoms with Crippen LogP contribution < -0.4 is 10.2 Å². The lowest BCUT2D eigenvalue weighted by atomic mass is 10.0. The minimum Gasteiger partial charge on any atom is -0.468 e. The fourth-order valence-corrected chi connectivity index (χ4v) is 2.27. The van der Waals surface area contributed by atoms with Crippen LogP contribution in [0.15, 0.2) is 24.3 Å². The van der Waals surface area contributed by atoms with Crippen molar-refractivity contribution in [3.63, 3.8) is 0 Å². The van der Waals surface area contributed by atoms with Crippen molar-refractivity contribution in [2.45, 2.75) is 26.3 Å². The zero-order valence-corrected chi connectivity index (χ0v) is 12.6. The average molecular weight is 282 g/mol. The van der Waals surface area contributed by atoms with Gasteiger partial charge in [-0.25, -0.2) is 9.18 Å². The maximum absolute atomic E-state index is 13.9. The Labute approximate surface area is 119 Å². The highest BCUT2D eigenvalue weighted by Gasteiger charge is 2.35. The van der Waals surface area contributed by atoms with Crippen LogP contribution >= 0.6 is 0 Å². The fourth-order valence-electron chi connectivity index (χ4n) is 2.27. The molecule has 0 saturated heterocycles. The molecule has 0 amide bonds. The molecule has 1 N–H and O–H groups in total. The van der Waals surface area contributed by atoms with Crippen molar-refractivity contribution in [1.29, 1.82) is 0 Å². The van der Waals surface area contributed by atoms with E-state index in [4.69, 9.17) is 4.74 Å². The Balaban J connectivity index is 3.01. The van der Waals surface area contributed by atoms with Gasteiger partial charge >= 0.3 is 5.97 Å². The number of nitrogens with zero attached hydrogens (tertiary/aromatic N) is 1. The van der Waals surface area contributed by atoms with Crippen LogP contribution in [0.3, 0.4) is 0 Å². The van der Waals surface area contributed by atoms with Gasteiger partial charge in [0, 0.05) is 13.1 Å². The first-order chi connectivity index (χ1) is 9.48. The molecule has 0 radical (unpaired) electrons. The van der Waals surface area contributed by atoms with Gasteiger partial charge in [0.25, 0.3) is 0 Å². The number of nitrogens with one attached hydrogen (secondary N) is 1. The lowest BCUT2D eigenvalue weighted by Gasteiger charge is -2.34. The Morgan fingerprint density at radius 2 is 2.05 bits per heavy atom. The number of ether oxygens (including phenoxy) is 1. The van der Waals surface area contributed by atoms with Crippen LogP contribution in [0.25, 0.3) is 0 Å². The van der Waals surface area contributed by atoms with Crippen molar-refractivity contribution in [3.8, 4) is 0 Å². The van der Waals surface area contributed by atoms with Crippen molar-refractivity contribution >= 4 is 11.7 Å². The highest BCUT2D eigenvalue weighted by atomic mass is 19.1. The molecule has 1 unspecified atom stereocenters. The number of carbonyl (C=O) groups excluding carboxylic acids is 1. The van der Waals surface area contributed by atoms with Gasteiger partial charge in [-0.15, -0.1) is 0 Å². The number of anilines is 1. The van der Waals surface area contributed by atoms with Crippen LogP contribution in [-0.4, -0.2) is 38.3 Å². The number of hydrogen-bond acceptors (Lipinski definition) is 4. The number of likely N-dealkylation sites (N-methyl/N-ethyl adjacent to an activating group) is 2. The largest absolute Gasteiger partial charge is 0.468 e. The minimum atomic E-state index is -0.873. The number of rotatable bonds is 7. The van der Waals surface area contributed by atoms with Crippen molar-refractivity contribution in [2.24, 2.45) is 0 Å². The van der Waals surface area contributed by atoms with Crippen LogP contribution in [0.1, 0.15) is 20.8 Å². The van der Waals surface area contributed by atoms with E-state index in [1.54, 1.807) is 25.1 Å². The summed E-state index contributed by atoms with van der Waals surface area (Å²) in [5, 5.41) is 3.13. The zero-order chi connectivity index (χ0) is 15.2. The second-order valence-electron chi connectivity index (χ2n) is 4.82. The molecule has 0 heterocycles. The van der Waals surface area contributed by atoms with Gasteiger partial charge in [-0.05, 0) is 32.5 Å². The molecule has 0 fully saturated rings. The van der Waals surface area contributed by atoms with E-state index in [0.717, 1.165) is 0 Å². The number of para-hydroxylation sites is 1. The summed E-state index contributed by atoms with van der Waals surface area (Å²) in [4.78, 5) is 13.8. The number of hydrogen-bond donors (Lipinski definition) is 1. The van der Waals surface area contributed by atoms with Crippen LogP contribution in [0.5, 0.6) is 0 Å². The summed E-state index contributed by atoms with van der Waals surface area (Å²) in [6.45, 7) is 7.17. The molecule has 1 atom stereocenters. The molecule has 1 rings (SSSR count). The number of benzene rings is 1. The van der Waals surface area contributed by atoms with Gasteiger partial charge in [-0.1, -0.05) is 19.1 Å². The van der Waals surface area contributed by atoms with Crippen molar-refractivity contribution in [2.75, 3.05) is 31.6 Å². The number of methoxy groups -OCH3 is 1. The number of carbonyl (C=O) groups is 1. The van der Waals surface area contributed by atoms with Crippen molar-refractivity contribution in [3.05, 3.63) is 30.1 Å². The topological polar surface area (TPSA) is 41.6 Å². The molecule has 0 spiro atoms. The second-order valence-corrected chi connectivity index (χ2v) is 4.82. The van der Waals surface area contributed by atoms with E-state index in [1.165, 1.54) is 13.2 Å². The van der Waals surface area contributed by atoms with Crippen LogP contribution in [0, 0.1) is 5.82 Å². The zero-order valence-electron chi connectivity index (χ0n) is 12.6. The summed E-state index contributed by atoms with van der Waals surface area (Å²) in [6, 6.07) is 6.56. The molecule has 0 aliphatic rings. The van der Waals surface area contributed by atoms with E-state index in [9.17, 15) is 9.18 Å². The van der Waals surface area contributed by atoms with Gasteiger partial charge in [0.05, 0.1) is 12.8 Å². The van der Waals surface area contributed by atoms with E-state index in [2.05, 4.69) is 5.32 Å². The van der Waals surface area contributed by atoms with E-state index < -0.39 is 5.54 Å². The van der Waals surface area contributed by atoms with E-state index in [1.807, 2.05) is 18.7 Å². The summed E-state index contributed by atoms with van der Waals surface area (Å²) >= 11 is 0. The lowest BCUT2D eigenvalue weighted by Crippen LogP contribution is -2.57. The first-order valence-electron chi connectivity index (χ1n) is 6.81. The van der Waals surface area contributed by atoms with Crippen LogP contribution in [-0.2, 0) is 9.53 Å². The maximum atomic E-state index is 13.9. The maximum Gasteiger partial charge on any atom is 0.327 e. The van der Waals surface area contributed by atoms with Gasteiger partial charge < -0.3 is 15.0 Å². The molecule has 0 bridgehead atoms. The van der Waals surface area contributed by atoms with E-state index >= 15 is 0 Å². The predicted octanol–water partition coefficient (Wildman–Crippen LogP) is 2.19. The molecule has 1 aromatic rings. The Morgan fingerprint density at radius 3 is 2.55 bits per heavy atom. The summed E-state index contributed by atoms with van der Waals surface area (Å²) in [7, 11) is 1.36. The number of esters is 1. The molecule has 0 aliphatic carbocycles. The molecule has 1 aromatic carbocycles. The van der Waals surface area contributed by atoms with Gasteiger partial charge in [0.15, 0.2) is 0 Å². The summed E-state index contributed by atoms with van der Waals surface area (Å²) in [6.07, 6.45) is 0. The molecule has 0 saturated carbocycles. The quantitative estimate of drug-likeness (QED) is 0.778. The van der Waals surface area contributed by atoms with Crippen molar-refractivity contribution in [1.82, 2.24) is 5.32 Å². The van der Waals surface area contributed by atoms with Crippen LogP contribution in [0.2, 0.25) is 0 Å². The monoisotopic (exact) mass is 282 g/mol. The van der Waals surface area contributed by atoms with Gasteiger partial charge in [0.2, 0.25) is 0 Å². The third kappa shape index (κ3) is 3.70. The Hall–Kier alpha value is -1.62. The Kier molecular flexibility index (Phi) is 5.95. The van der Waals surface area contributed by atoms with Gasteiger partial charge in [0.1, 0.15) is 11.4 Å². The molecular weight excluding hydrogens is 259 g/mol. The molecule has 5 heteroatoms. The highest BCUT2D eigenvalue weighted by Crippen LogP contribution is 2.21. The summed E-state index contributed by atoms with van der Waals surface area (Å²) in [5.41, 5.74) is -0.384. The van der Waals surface area contributed by atoms with Crippen molar-refractivity contribution < 1.29 is 13.9 Å². The highest BCUT2D eigenvalue weighted by molar-refractivity contribution is 5.81. The SMILES string of the molecule is CCNC(C)(CN(CC)c1ccccc1F)C(=O)OC. The Bertz CT molecular complexity index is 453. The first kappa shape index (κ1) is 16.4. The molecule has 4 nitrogen and oxygen atoms in total. The second kappa shape index (κ2) is 7.24. The third-order valence-corrected chi connectivity index (χ3v) is 3.28. The average Bonchev–Trinajstić information content (AvgIpc) is 2.45.